The minimum atomic E-state index is -0.259. The van der Waals surface area contributed by atoms with Gasteiger partial charge in [0, 0.05) is 35.2 Å². The van der Waals surface area contributed by atoms with Gasteiger partial charge in [0.25, 0.3) is 0 Å². The number of ether oxygens (including phenoxy) is 1. The average Bonchev–Trinajstić information content (AvgIpc) is 2.89. The molecular formula is C22H20ClFINO. The molecule has 140 valence electrons. The van der Waals surface area contributed by atoms with Gasteiger partial charge >= 0.3 is 5.90 Å². The van der Waals surface area contributed by atoms with Gasteiger partial charge in [-0.15, -0.1) is 0 Å². The van der Waals surface area contributed by atoms with E-state index in [1.54, 1.807) is 12.1 Å². The van der Waals surface area contributed by atoms with E-state index < -0.39 is 0 Å². The van der Waals surface area contributed by atoms with Crippen LogP contribution in [0.25, 0.3) is 21.9 Å². The zero-order valence-corrected chi connectivity index (χ0v) is 18.3. The van der Waals surface area contributed by atoms with Crippen LogP contribution in [-0.2, 0) is 4.74 Å². The van der Waals surface area contributed by atoms with Crippen molar-refractivity contribution in [3.8, 4) is 11.1 Å². The third kappa shape index (κ3) is 3.45. The number of halogens is 3. The van der Waals surface area contributed by atoms with Crippen LogP contribution in [0.15, 0.2) is 54.6 Å². The Bertz CT molecular complexity index is 1040. The summed E-state index contributed by atoms with van der Waals surface area (Å²) in [5.41, 5.74) is 2.73. The lowest BCUT2D eigenvalue weighted by Gasteiger charge is -2.14. The van der Waals surface area contributed by atoms with Gasteiger partial charge in [-0.1, -0.05) is 48.0 Å². The van der Waals surface area contributed by atoms with Crippen LogP contribution in [-0.4, -0.2) is 29.7 Å². The predicted octanol–water partition coefficient (Wildman–Crippen LogP) is 2.50. The van der Waals surface area contributed by atoms with Crippen LogP contribution in [0.2, 0.25) is 5.02 Å². The van der Waals surface area contributed by atoms with Crippen molar-refractivity contribution in [2.45, 2.75) is 19.4 Å². The fraction of sp³-hybridized carbons (Fsp3) is 0.227. The Balaban J connectivity index is 0.00000210. The standard InChI is InChI=1S/C22H20ClFNO.HI/c1-22(2)13-26-21(25(22)3)20-17-7-5-4-6-16(17)19(23)12-18(20)14-8-10-15(24)11-9-14;/h4-12H,13H2,1-3H3;1H/q+1;/p-1. The molecule has 0 saturated heterocycles. The van der Waals surface area contributed by atoms with Gasteiger partial charge < -0.3 is 28.7 Å². The molecule has 1 heterocycles. The smallest absolute Gasteiger partial charge is 0.371 e. The van der Waals surface area contributed by atoms with E-state index in [1.807, 2.05) is 31.3 Å². The van der Waals surface area contributed by atoms with E-state index in [1.165, 1.54) is 12.1 Å². The molecule has 0 aliphatic carbocycles. The van der Waals surface area contributed by atoms with E-state index in [0.717, 1.165) is 33.4 Å². The Labute approximate surface area is 180 Å². The van der Waals surface area contributed by atoms with Crippen LogP contribution >= 0.6 is 11.6 Å². The maximum atomic E-state index is 13.4. The van der Waals surface area contributed by atoms with E-state index in [2.05, 4.69) is 24.5 Å². The normalized spacial score (nSPS) is 15.6. The SMILES string of the molecule is C[N+]1=C(c2c(-c3ccc(F)cc3)cc(Cl)c3ccccc23)OCC1(C)C.[I-]. The highest BCUT2D eigenvalue weighted by atomic mass is 127. The third-order valence-electron chi connectivity index (χ3n) is 5.14. The minimum Gasteiger partial charge on any atom is -1.00 e. The molecule has 4 rings (SSSR count). The molecule has 0 atom stereocenters. The molecule has 5 heteroatoms. The summed E-state index contributed by atoms with van der Waals surface area (Å²) in [4.78, 5) is 0. The first kappa shape index (κ1) is 20.1. The molecule has 1 aliphatic rings. The van der Waals surface area contributed by atoms with Crippen LogP contribution in [0, 0.1) is 5.82 Å². The minimum absolute atomic E-state index is 0. The summed E-state index contributed by atoms with van der Waals surface area (Å²) >= 11 is 6.58. The van der Waals surface area contributed by atoms with Gasteiger partial charge in [0.05, 0.1) is 0 Å². The zero-order chi connectivity index (χ0) is 18.5. The highest BCUT2D eigenvalue weighted by Gasteiger charge is 2.41. The second-order valence-electron chi connectivity index (χ2n) is 7.30. The van der Waals surface area contributed by atoms with Crippen molar-refractivity contribution in [1.82, 2.24) is 0 Å². The summed E-state index contributed by atoms with van der Waals surface area (Å²) in [6.45, 7) is 4.91. The molecule has 3 aromatic rings. The Hall–Kier alpha value is -1.66. The summed E-state index contributed by atoms with van der Waals surface area (Å²) in [6, 6.07) is 16.5. The first-order chi connectivity index (χ1) is 12.4. The van der Waals surface area contributed by atoms with Gasteiger partial charge in [-0.3, -0.25) is 0 Å². The molecule has 0 bridgehead atoms. The molecule has 0 spiro atoms. The number of fused-ring (bicyclic) bond motifs is 1. The number of likely N-dealkylation sites (N-methyl/N-ethyl adjacent to an activating group) is 1. The summed E-state index contributed by atoms with van der Waals surface area (Å²) in [6.07, 6.45) is 0. The van der Waals surface area contributed by atoms with Crippen molar-refractivity contribution in [2.75, 3.05) is 13.7 Å². The van der Waals surface area contributed by atoms with Crippen molar-refractivity contribution in [3.05, 3.63) is 71.0 Å². The first-order valence-electron chi connectivity index (χ1n) is 8.59. The highest BCUT2D eigenvalue weighted by molar-refractivity contribution is 6.37. The molecule has 0 unspecified atom stereocenters. The summed E-state index contributed by atoms with van der Waals surface area (Å²) in [5.74, 6) is 0.562. The van der Waals surface area contributed by atoms with E-state index in [0.29, 0.717) is 11.6 Å². The molecular weight excluding hydrogens is 476 g/mol. The van der Waals surface area contributed by atoms with Gasteiger partial charge in [0.15, 0.2) is 12.1 Å². The predicted molar refractivity (Wildman–Crippen MR) is 105 cm³/mol. The lowest BCUT2D eigenvalue weighted by Crippen LogP contribution is -3.00. The number of hydrogen-bond donors (Lipinski definition) is 0. The highest BCUT2D eigenvalue weighted by Crippen LogP contribution is 2.37. The fourth-order valence-corrected chi connectivity index (χ4v) is 3.65. The first-order valence-corrected chi connectivity index (χ1v) is 8.97. The Morgan fingerprint density at radius 3 is 2.26 bits per heavy atom. The van der Waals surface area contributed by atoms with Gasteiger partial charge in [0.2, 0.25) is 0 Å². The van der Waals surface area contributed by atoms with Crippen LogP contribution in [0.4, 0.5) is 4.39 Å². The monoisotopic (exact) mass is 495 g/mol. The van der Waals surface area contributed by atoms with Gasteiger partial charge in [0.1, 0.15) is 18.4 Å². The van der Waals surface area contributed by atoms with E-state index in [9.17, 15) is 4.39 Å². The quantitative estimate of drug-likeness (QED) is 0.393. The van der Waals surface area contributed by atoms with Crippen molar-refractivity contribution in [1.29, 1.82) is 0 Å². The topological polar surface area (TPSA) is 12.2 Å². The lowest BCUT2D eigenvalue weighted by molar-refractivity contribution is -0.562. The zero-order valence-electron chi connectivity index (χ0n) is 15.4. The average molecular weight is 496 g/mol. The van der Waals surface area contributed by atoms with Gasteiger partial charge in [-0.05, 0) is 23.8 Å². The molecule has 0 saturated carbocycles. The Morgan fingerprint density at radius 1 is 1.04 bits per heavy atom. The van der Waals surface area contributed by atoms with Gasteiger partial charge in [-0.2, -0.15) is 4.58 Å². The van der Waals surface area contributed by atoms with Crippen LogP contribution in [0.1, 0.15) is 19.4 Å². The molecule has 3 aromatic carbocycles. The molecule has 2 nitrogen and oxygen atoms in total. The van der Waals surface area contributed by atoms with Crippen molar-refractivity contribution < 1.29 is 37.7 Å². The second kappa shape index (κ2) is 7.40. The van der Waals surface area contributed by atoms with Crippen LogP contribution in [0.3, 0.4) is 0 Å². The summed E-state index contributed by atoms with van der Waals surface area (Å²) < 4.78 is 21.7. The summed E-state index contributed by atoms with van der Waals surface area (Å²) in [5, 5.41) is 2.67. The number of rotatable bonds is 2. The fourth-order valence-electron chi connectivity index (χ4n) is 3.37. The molecule has 0 radical (unpaired) electrons. The largest absolute Gasteiger partial charge is 1.00 e. The number of benzene rings is 3. The molecule has 0 aromatic heterocycles. The number of nitrogens with zero attached hydrogens (tertiary/aromatic N) is 1. The maximum Gasteiger partial charge on any atom is 0.371 e. The third-order valence-corrected chi connectivity index (χ3v) is 5.45. The Kier molecular flexibility index (Phi) is 5.50. The van der Waals surface area contributed by atoms with Crippen molar-refractivity contribution in [3.63, 3.8) is 0 Å². The molecule has 0 fully saturated rings. The van der Waals surface area contributed by atoms with E-state index in [4.69, 9.17) is 16.3 Å². The number of hydrogen-bond acceptors (Lipinski definition) is 1. The molecule has 0 N–H and O–H groups in total. The van der Waals surface area contributed by atoms with Crippen LogP contribution in [0.5, 0.6) is 0 Å². The Morgan fingerprint density at radius 2 is 1.67 bits per heavy atom. The molecule has 27 heavy (non-hydrogen) atoms. The lowest BCUT2D eigenvalue weighted by atomic mass is 9.93. The van der Waals surface area contributed by atoms with Gasteiger partial charge in [-0.25, -0.2) is 4.39 Å². The van der Waals surface area contributed by atoms with E-state index in [-0.39, 0.29) is 35.3 Å². The van der Waals surface area contributed by atoms with Crippen LogP contribution < -0.4 is 24.0 Å². The van der Waals surface area contributed by atoms with E-state index >= 15 is 0 Å². The summed E-state index contributed by atoms with van der Waals surface area (Å²) in [7, 11) is 2.04. The molecule has 0 amide bonds. The molecule has 1 aliphatic heterocycles. The second-order valence-corrected chi connectivity index (χ2v) is 7.71. The maximum absolute atomic E-state index is 13.4. The van der Waals surface area contributed by atoms with Crippen molar-refractivity contribution in [2.24, 2.45) is 0 Å². The van der Waals surface area contributed by atoms with Crippen molar-refractivity contribution >= 4 is 28.3 Å².